The summed E-state index contributed by atoms with van der Waals surface area (Å²) < 4.78 is 0. The van der Waals surface area contributed by atoms with Gasteiger partial charge in [-0.15, -0.1) is 12.4 Å². The van der Waals surface area contributed by atoms with Crippen molar-refractivity contribution in [2.45, 2.75) is 6.92 Å². The third-order valence-electron chi connectivity index (χ3n) is 0.328. The van der Waals surface area contributed by atoms with Gasteiger partial charge in [-0.2, -0.15) is 0 Å². The molecule has 0 rings (SSSR count). The Kier molecular flexibility index (Phi) is 19.0. The van der Waals surface area contributed by atoms with E-state index < -0.39 is 6.09 Å². The molecule has 8 heavy (non-hydrogen) atoms. The molecule has 0 aliphatic carbocycles. The SMILES string of the molecule is CCNC(=O)O.Cl.N. The molecule has 4 nitrogen and oxygen atoms in total. The van der Waals surface area contributed by atoms with Crippen LogP contribution in [0.15, 0.2) is 0 Å². The van der Waals surface area contributed by atoms with Crippen LogP contribution in [0.3, 0.4) is 0 Å². The van der Waals surface area contributed by atoms with Crippen molar-refractivity contribution >= 4 is 18.5 Å². The van der Waals surface area contributed by atoms with E-state index in [0.717, 1.165) is 0 Å². The first kappa shape index (κ1) is 15.6. The minimum Gasteiger partial charge on any atom is -0.465 e. The van der Waals surface area contributed by atoms with Crippen LogP contribution in [0.5, 0.6) is 0 Å². The molecule has 0 aromatic rings. The Hall–Kier alpha value is -0.480. The first-order valence-electron chi connectivity index (χ1n) is 1.74. The van der Waals surface area contributed by atoms with Gasteiger partial charge in [0.05, 0.1) is 0 Å². The lowest BCUT2D eigenvalue weighted by molar-refractivity contribution is 0.195. The Morgan fingerprint density at radius 1 is 1.75 bits per heavy atom. The van der Waals surface area contributed by atoms with Crippen LogP contribution in [0, 0.1) is 0 Å². The van der Waals surface area contributed by atoms with Gasteiger partial charge in [0, 0.05) is 6.54 Å². The zero-order chi connectivity index (χ0) is 4.99. The van der Waals surface area contributed by atoms with Gasteiger partial charge in [0.1, 0.15) is 0 Å². The molecule has 0 aliphatic rings. The fourth-order valence-electron chi connectivity index (χ4n) is 0.151. The van der Waals surface area contributed by atoms with Crippen LogP contribution in [0.2, 0.25) is 0 Å². The second-order valence-electron chi connectivity index (χ2n) is 0.835. The van der Waals surface area contributed by atoms with E-state index in [1.807, 2.05) is 0 Å². The van der Waals surface area contributed by atoms with Crippen molar-refractivity contribution in [2.75, 3.05) is 6.54 Å². The molecular weight excluding hydrogens is 131 g/mol. The normalized spacial score (nSPS) is 5.62. The predicted octanol–water partition coefficient (Wildman–Crippen LogP) is 0.858. The highest BCUT2D eigenvalue weighted by Gasteiger charge is 1.82. The van der Waals surface area contributed by atoms with Crippen molar-refractivity contribution in [3.63, 3.8) is 0 Å². The Morgan fingerprint density at radius 2 is 2.12 bits per heavy atom. The van der Waals surface area contributed by atoms with Crippen molar-refractivity contribution in [1.82, 2.24) is 11.5 Å². The van der Waals surface area contributed by atoms with Gasteiger partial charge < -0.3 is 16.6 Å². The molecule has 5 heteroatoms. The quantitative estimate of drug-likeness (QED) is 0.508. The van der Waals surface area contributed by atoms with E-state index in [9.17, 15) is 4.79 Å². The van der Waals surface area contributed by atoms with E-state index in [1.54, 1.807) is 6.92 Å². The largest absolute Gasteiger partial charge is 0.465 e. The molecule has 5 N–H and O–H groups in total. The van der Waals surface area contributed by atoms with Crippen LogP contribution in [0.25, 0.3) is 0 Å². The highest BCUT2D eigenvalue weighted by atomic mass is 35.5. The Bertz CT molecular complexity index is 59.2. The molecule has 0 saturated heterocycles. The number of rotatable bonds is 1. The summed E-state index contributed by atoms with van der Waals surface area (Å²) in [5, 5.41) is 9.93. The van der Waals surface area contributed by atoms with Crippen LogP contribution < -0.4 is 11.5 Å². The minimum atomic E-state index is -0.961. The second-order valence-corrected chi connectivity index (χ2v) is 0.835. The second kappa shape index (κ2) is 9.72. The summed E-state index contributed by atoms with van der Waals surface area (Å²) in [5.41, 5.74) is 0. The molecule has 0 bridgehead atoms. The van der Waals surface area contributed by atoms with Crippen LogP contribution in [-0.2, 0) is 0 Å². The third kappa shape index (κ3) is 17.8. The summed E-state index contributed by atoms with van der Waals surface area (Å²) in [6.45, 7) is 2.21. The molecular formula is C3H11ClN2O2. The third-order valence-corrected chi connectivity index (χ3v) is 0.328. The van der Waals surface area contributed by atoms with E-state index in [2.05, 4.69) is 5.32 Å². The van der Waals surface area contributed by atoms with Gasteiger partial charge in [0.2, 0.25) is 0 Å². The summed E-state index contributed by atoms with van der Waals surface area (Å²) in [5.74, 6) is 0. The number of hydrogen-bond acceptors (Lipinski definition) is 2. The van der Waals surface area contributed by atoms with Gasteiger partial charge in [-0.25, -0.2) is 4.79 Å². The number of carbonyl (C=O) groups is 1. The predicted molar refractivity (Wildman–Crippen MR) is 34.0 cm³/mol. The number of carboxylic acid groups (broad SMARTS) is 1. The Morgan fingerprint density at radius 3 is 2.12 bits per heavy atom. The molecule has 0 aromatic carbocycles. The lowest BCUT2D eigenvalue weighted by atomic mass is 10.8. The number of hydrogen-bond donors (Lipinski definition) is 3. The summed E-state index contributed by atoms with van der Waals surface area (Å²) in [6, 6.07) is 0. The fourth-order valence-corrected chi connectivity index (χ4v) is 0.151. The summed E-state index contributed by atoms with van der Waals surface area (Å²) in [7, 11) is 0. The number of amides is 1. The van der Waals surface area contributed by atoms with Crippen molar-refractivity contribution in [1.29, 1.82) is 0 Å². The van der Waals surface area contributed by atoms with Gasteiger partial charge in [-0.3, -0.25) is 0 Å². The summed E-state index contributed by atoms with van der Waals surface area (Å²) in [4.78, 5) is 9.49. The van der Waals surface area contributed by atoms with Gasteiger partial charge in [0.15, 0.2) is 0 Å². The first-order valence-corrected chi connectivity index (χ1v) is 1.74. The van der Waals surface area contributed by atoms with Gasteiger partial charge in [-0.1, -0.05) is 0 Å². The standard InChI is InChI=1S/C3H7NO2.ClH.H3N/c1-2-4-3(5)6;;/h4H,2H2,1H3,(H,5,6);1H;1H3. The number of halogens is 1. The van der Waals surface area contributed by atoms with Crippen molar-refractivity contribution in [3.8, 4) is 0 Å². The van der Waals surface area contributed by atoms with E-state index in [0.29, 0.717) is 6.54 Å². The molecule has 0 spiro atoms. The summed E-state index contributed by atoms with van der Waals surface area (Å²) >= 11 is 0. The fraction of sp³-hybridized carbons (Fsp3) is 0.667. The molecule has 0 radical (unpaired) electrons. The molecule has 1 amide bonds. The van der Waals surface area contributed by atoms with Crippen LogP contribution in [0.4, 0.5) is 4.79 Å². The molecule has 52 valence electrons. The topological polar surface area (TPSA) is 84.3 Å². The highest BCUT2D eigenvalue weighted by molar-refractivity contribution is 5.85. The lowest BCUT2D eigenvalue weighted by Gasteiger charge is -1.87. The minimum absolute atomic E-state index is 0. The van der Waals surface area contributed by atoms with E-state index in [1.165, 1.54) is 0 Å². The Balaban J connectivity index is -0.000000125. The Labute approximate surface area is 54.3 Å². The average molecular weight is 143 g/mol. The lowest BCUT2D eigenvalue weighted by Crippen LogP contribution is -2.19. The maximum absolute atomic E-state index is 9.49. The van der Waals surface area contributed by atoms with Gasteiger partial charge >= 0.3 is 6.09 Å². The average Bonchev–Trinajstić information content (AvgIpc) is 1.35. The molecule has 0 heterocycles. The van der Waals surface area contributed by atoms with Crippen molar-refractivity contribution < 1.29 is 9.90 Å². The molecule has 0 unspecified atom stereocenters. The van der Waals surface area contributed by atoms with Gasteiger partial charge in [0.25, 0.3) is 0 Å². The van der Waals surface area contributed by atoms with E-state index in [-0.39, 0.29) is 18.6 Å². The molecule has 0 atom stereocenters. The van der Waals surface area contributed by atoms with Crippen LogP contribution in [-0.4, -0.2) is 17.7 Å². The highest BCUT2D eigenvalue weighted by Crippen LogP contribution is 1.54. The maximum Gasteiger partial charge on any atom is 0.404 e. The monoisotopic (exact) mass is 142 g/mol. The molecule has 0 aromatic heterocycles. The van der Waals surface area contributed by atoms with Gasteiger partial charge in [-0.05, 0) is 6.92 Å². The van der Waals surface area contributed by atoms with Crippen LogP contribution in [0.1, 0.15) is 6.92 Å². The zero-order valence-corrected chi connectivity index (χ0v) is 5.49. The zero-order valence-electron chi connectivity index (χ0n) is 4.68. The molecule has 0 saturated carbocycles. The van der Waals surface area contributed by atoms with Crippen molar-refractivity contribution in [2.24, 2.45) is 0 Å². The summed E-state index contributed by atoms with van der Waals surface area (Å²) in [6.07, 6.45) is -0.961. The smallest absolute Gasteiger partial charge is 0.404 e. The maximum atomic E-state index is 9.49. The molecule has 0 fully saturated rings. The first-order chi connectivity index (χ1) is 2.77. The van der Waals surface area contributed by atoms with E-state index in [4.69, 9.17) is 5.11 Å². The van der Waals surface area contributed by atoms with Crippen LogP contribution >= 0.6 is 12.4 Å². The van der Waals surface area contributed by atoms with Crippen molar-refractivity contribution in [3.05, 3.63) is 0 Å². The van der Waals surface area contributed by atoms with E-state index >= 15 is 0 Å². The molecule has 0 aliphatic heterocycles. The number of nitrogens with one attached hydrogen (secondary N) is 1.